The molecule has 0 aromatic heterocycles. The summed E-state index contributed by atoms with van der Waals surface area (Å²) in [5.41, 5.74) is 1.62. The van der Waals surface area contributed by atoms with Gasteiger partial charge in [-0.05, 0) is 29.8 Å². The molecule has 2 N–H and O–H groups in total. The van der Waals surface area contributed by atoms with Gasteiger partial charge in [0.1, 0.15) is 17.6 Å². The third-order valence-electron chi connectivity index (χ3n) is 3.38. The molecule has 0 saturated carbocycles. The van der Waals surface area contributed by atoms with Crippen LogP contribution in [0.15, 0.2) is 40.9 Å². The lowest BCUT2D eigenvalue weighted by Crippen LogP contribution is -2.19. The van der Waals surface area contributed by atoms with Gasteiger partial charge in [0.25, 0.3) is 0 Å². The van der Waals surface area contributed by atoms with Crippen LogP contribution >= 0.6 is 27.5 Å². The van der Waals surface area contributed by atoms with Crippen LogP contribution in [0.1, 0.15) is 29.8 Å². The zero-order valence-corrected chi connectivity index (χ0v) is 12.7. The van der Waals surface area contributed by atoms with Gasteiger partial charge in [-0.25, -0.2) is 0 Å². The van der Waals surface area contributed by atoms with E-state index < -0.39 is 6.10 Å². The summed E-state index contributed by atoms with van der Waals surface area (Å²) in [6.07, 6.45) is -0.412. The number of phenolic OH excluding ortho intramolecular Hbond substituents is 1. The highest BCUT2D eigenvalue weighted by molar-refractivity contribution is 9.10. The Hall–Kier alpha value is -1.23. The molecular weight excluding hydrogens is 344 g/mol. The van der Waals surface area contributed by atoms with E-state index in [1.54, 1.807) is 12.1 Å². The summed E-state index contributed by atoms with van der Waals surface area (Å²) in [5, 5.41) is 20.0. The predicted molar refractivity (Wildman–Crippen MR) is 80.2 cm³/mol. The molecule has 2 aromatic carbocycles. The Morgan fingerprint density at radius 1 is 1.20 bits per heavy atom. The Balaban J connectivity index is 1.96. The standard InChI is InChI=1S/C15H12BrClO3/c16-9-2-3-10-13(19)7-14(20-15(10)6-9)8-1-4-12(18)11(17)5-8/h1-6,13-14,18-19H,7H2. The lowest BCUT2D eigenvalue weighted by molar-refractivity contribution is 0.0657. The minimum atomic E-state index is -0.579. The number of fused-ring (bicyclic) bond motifs is 1. The lowest BCUT2D eigenvalue weighted by atomic mass is 9.95. The second kappa shape index (κ2) is 5.28. The minimum absolute atomic E-state index is 0.0370. The molecule has 0 amide bonds. The van der Waals surface area contributed by atoms with Gasteiger partial charge in [0, 0.05) is 16.5 Å². The molecule has 3 rings (SSSR count). The van der Waals surface area contributed by atoms with Crippen LogP contribution in [0.5, 0.6) is 11.5 Å². The zero-order chi connectivity index (χ0) is 14.3. The Bertz CT molecular complexity index is 660. The summed E-state index contributed by atoms with van der Waals surface area (Å²) in [6.45, 7) is 0. The first kappa shape index (κ1) is 13.7. The van der Waals surface area contributed by atoms with Crippen LogP contribution in [0.25, 0.3) is 0 Å². The fourth-order valence-electron chi connectivity index (χ4n) is 2.34. The van der Waals surface area contributed by atoms with Gasteiger partial charge in [-0.15, -0.1) is 0 Å². The van der Waals surface area contributed by atoms with E-state index in [2.05, 4.69) is 15.9 Å². The zero-order valence-electron chi connectivity index (χ0n) is 10.4. The van der Waals surface area contributed by atoms with E-state index in [1.807, 2.05) is 18.2 Å². The molecule has 3 nitrogen and oxygen atoms in total. The number of aliphatic hydroxyl groups is 1. The average molecular weight is 356 g/mol. The average Bonchev–Trinajstić information content (AvgIpc) is 2.41. The molecule has 1 aliphatic rings. The van der Waals surface area contributed by atoms with Gasteiger partial charge in [0.2, 0.25) is 0 Å². The van der Waals surface area contributed by atoms with E-state index in [0.29, 0.717) is 12.2 Å². The monoisotopic (exact) mass is 354 g/mol. The molecular formula is C15H12BrClO3. The van der Waals surface area contributed by atoms with Crippen LogP contribution in [-0.4, -0.2) is 10.2 Å². The summed E-state index contributed by atoms with van der Waals surface area (Å²) >= 11 is 9.31. The van der Waals surface area contributed by atoms with Gasteiger partial charge in [-0.1, -0.05) is 39.7 Å². The van der Waals surface area contributed by atoms with Crippen LogP contribution in [-0.2, 0) is 0 Å². The Morgan fingerprint density at radius 3 is 2.75 bits per heavy atom. The third-order valence-corrected chi connectivity index (χ3v) is 4.18. The van der Waals surface area contributed by atoms with E-state index in [-0.39, 0.29) is 16.9 Å². The van der Waals surface area contributed by atoms with Crippen molar-refractivity contribution in [2.75, 3.05) is 0 Å². The fraction of sp³-hybridized carbons (Fsp3) is 0.200. The first-order valence-corrected chi connectivity index (χ1v) is 7.34. The molecule has 1 aliphatic heterocycles. The summed E-state index contributed by atoms with van der Waals surface area (Å²) in [6, 6.07) is 10.5. The van der Waals surface area contributed by atoms with Gasteiger partial charge >= 0.3 is 0 Å². The quantitative estimate of drug-likeness (QED) is 0.799. The molecule has 1 heterocycles. The predicted octanol–water partition coefficient (Wildman–Crippen LogP) is 4.37. The maximum absolute atomic E-state index is 10.2. The third kappa shape index (κ3) is 2.51. The number of hydrogen-bond donors (Lipinski definition) is 2. The molecule has 0 spiro atoms. The maximum atomic E-state index is 10.2. The Labute approximate surface area is 129 Å². The number of aromatic hydroxyl groups is 1. The van der Waals surface area contributed by atoms with Crippen molar-refractivity contribution >= 4 is 27.5 Å². The van der Waals surface area contributed by atoms with Crippen molar-refractivity contribution in [2.24, 2.45) is 0 Å². The minimum Gasteiger partial charge on any atom is -0.506 e. The van der Waals surface area contributed by atoms with Gasteiger partial charge in [-0.2, -0.15) is 0 Å². The van der Waals surface area contributed by atoms with Gasteiger partial charge in [0.05, 0.1) is 11.1 Å². The number of aliphatic hydroxyl groups excluding tert-OH is 1. The molecule has 2 aromatic rings. The highest BCUT2D eigenvalue weighted by Crippen LogP contribution is 2.42. The maximum Gasteiger partial charge on any atom is 0.134 e. The summed E-state index contributed by atoms with van der Waals surface area (Å²) in [7, 11) is 0. The Kier molecular flexibility index (Phi) is 3.63. The molecule has 0 aliphatic carbocycles. The smallest absolute Gasteiger partial charge is 0.134 e. The molecule has 5 heteroatoms. The Morgan fingerprint density at radius 2 is 2.00 bits per heavy atom. The van der Waals surface area contributed by atoms with E-state index in [9.17, 15) is 10.2 Å². The van der Waals surface area contributed by atoms with Gasteiger partial charge in [0.15, 0.2) is 0 Å². The van der Waals surface area contributed by atoms with Crippen molar-refractivity contribution in [1.82, 2.24) is 0 Å². The number of benzene rings is 2. The van der Waals surface area contributed by atoms with Crippen LogP contribution in [0.4, 0.5) is 0 Å². The van der Waals surface area contributed by atoms with Crippen molar-refractivity contribution in [3.63, 3.8) is 0 Å². The second-order valence-electron chi connectivity index (χ2n) is 4.75. The van der Waals surface area contributed by atoms with E-state index in [0.717, 1.165) is 15.6 Å². The van der Waals surface area contributed by atoms with Crippen molar-refractivity contribution in [3.05, 3.63) is 57.0 Å². The number of halogens is 2. The second-order valence-corrected chi connectivity index (χ2v) is 6.07. The SMILES string of the molecule is Oc1ccc(C2CC(O)c3ccc(Br)cc3O2)cc1Cl. The van der Waals surface area contributed by atoms with Crippen LogP contribution in [0.2, 0.25) is 5.02 Å². The van der Waals surface area contributed by atoms with E-state index in [4.69, 9.17) is 16.3 Å². The molecule has 104 valence electrons. The van der Waals surface area contributed by atoms with Crippen molar-refractivity contribution in [3.8, 4) is 11.5 Å². The fourth-order valence-corrected chi connectivity index (χ4v) is 2.87. The molecule has 0 saturated heterocycles. The first-order chi connectivity index (χ1) is 9.54. The highest BCUT2D eigenvalue weighted by atomic mass is 79.9. The normalized spacial score (nSPS) is 21.1. The molecule has 2 atom stereocenters. The van der Waals surface area contributed by atoms with E-state index in [1.165, 1.54) is 6.07 Å². The molecule has 2 unspecified atom stereocenters. The van der Waals surface area contributed by atoms with Gasteiger partial charge in [-0.3, -0.25) is 0 Å². The lowest BCUT2D eigenvalue weighted by Gasteiger charge is -2.30. The van der Waals surface area contributed by atoms with Crippen molar-refractivity contribution < 1.29 is 14.9 Å². The first-order valence-electron chi connectivity index (χ1n) is 6.17. The molecule has 0 fully saturated rings. The highest BCUT2D eigenvalue weighted by Gasteiger charge is 2.28. The molecule has 20 heavy (non-hydrogen) atoms. The van der Waals surface area contributed by atoms with Crippen LogP contribution in [0, 0.1) is 0 Å². The van der Waals surface area contributed by atoms with Crippen LogP contribution in [0.3, 0.4) is 0 Å². The van der Waals surface area contributed by atoms with Gasteiger partial charge < -0.3 is 14.9 Å². The summed E-state index contributed by atoms with van der Waals surface area (Å²) < 4.78 is 6.83. The van der Waals surface area contributed by atoms with E-state index >= 15 is 0 Å². The summed E-state index contributed by atoms with van der Waals surface area (Å²) in [5.74, 6) is 0.697. The summed E-state index contributed by atoms with van der Waals surface area (Å²) in [4.78, 5) is 0. The molecule has 0 radical (unpaired) electrons. The number of hydrogen-bond acceptors (Lipinski definition) is 3. The van der Waals surface area contributed by atoms with Crippen molar-refractivity contribution in [2.45, 2.75) is 18.6 Å². The molecule has 0 bridgehead atoms. The number of rotatable bonds is 1. The van der Waals surface area contributed by atoms with Crippen molar-refractivity contribution in [1.29, 1.82) is 0 Å². The topological polar surface area (TPSA) is 49.7 Å². The number of phenols is 1. The van der Waals surface area contributed by atoms with Crippen LogP contribution < -0.4 is 4.74 Å². The number of ether oxygens (including phenoxy) is 1. The largest absolute Gasteiger partial charge is 0.506 e.